The maximum atomic E-state index is 5.03. The van der Waals surface area contributed by atoms with E-state index >= 15 is 0 Å². The number of hydrogen-bond acceptors (Lipinski definition) is 0. The number of fused-ring (bicyclic) bond motifs is 8. The standard InChI is InChI=1S/4C10H15.Mn/c4*1-7-8-4-5-9(6-8)10(7,2)3;/h4*8H,1,4-6H2,2-3H3;. The Bertz CT molecular complexity index is 1130. The van der Waals surface area contributed by atoms with E-state index in [-0.39, 0.29) is 21.7 Å². The molecule has 8 aliphatic rings. The molecule has 227 valence electrons. The Kier molecular flexibility index (Phi) is 4.98. The second-order valence-corrected chi connectivity index (χ2v) is 25.1. The van der Waals surface area contributed by atoms with Crippen LogP contribution in [0.25, 0.3) is 0 Å². The molecule has 41 heavy (non-hydrogen) atoms. The van der Waals surface area contributed by atoms with Crippen LogP contribution in [-0.2, 0) is 12.8 Å². The minimum atomic E-state index is -2.48. The molecule has 8 fully saturated rings. The topological polar surface area (TPSA) is 0 Å². The third-order valence-corrected chi connectivity index (χ3v) is 29.5. The molecule has 8 atom stereocenters. The van der Waals surface area contributed by atoms with Crippen molar-refractivity contribution in [2.45, 2.75) is 150 Å². The summed E-state index contributed by atoms with van der Waals surface area (Å²) in [5.74, 6) is 2.95. The van der Waals surface area contributed by atoms with E-state index in [0.717, 1.165) is 23.7 Å². The van der Waals surface area contributed by atoms with Crippen LogP contribution in [0.2, 0.25) is 17.3 Å². The molecule has 8 aliphatic carbocycles. The third-order valence-electron chi connectivity index (χ3n) is 17.7. The van der Waals surface area contributed by atoms with Crippen molar-refractivity contribution in [1.82, 2.24) is 0 Å². The molecule has 0 aliphatic heterocycles. The van der Waals surface area contributed by atoms with Crippen LogP contribution < -0.4 is 0 Å². The van der Waals surface area contributed by atoms with E-state index in [1.54, 1.807) is 22.3 Å². The summed E-state index contributed by atoms with van der Waals surface area (Å²) in [6.07, 6.45) is 17.3. The molecule has 0 heterocycles. The van der Waals surface area contributed by atoms with Gasteiger partial charge in [0.25, 0.3) is 0 Å². The molecule has 0 aromatic carbocycles. The first-order valence-electron chi connectivity index (χ1n) is 17.4. The van der Waals surface area contributed by atoms with Crippen molar-refractivity contribution in [1.29, 1.82) is 0 Å². The summed E-state index contributed by atoms with van der Waals surface area (Å²) >= 11 is -2.48. The van der Waals surface area contributed by atoms with Crippen molar-refractivity contribution in [3.05, 3.63) is 48.6 Å². The van der Waals surface area contributed by atoms with Gasteiger partial charge in [-0.15, -0.1) is 0 Å². The van der Waals surface area contributed by atoms with Crippen LogP contribution in [0.5, 0.6) is 0 Å². The molecule has 0 aromatic rings. The molecule has 0 amide bonds. The zero-order valence-electron chi connectivity index (χ0n) is 28.0. The van der Waals surface area contributed by atoms with Crippen LogP contribution in [0.4, 0.5) is 0 Å². The van der Waals surface area contributed by atoms with Crippen LogP contribution in [0.1, 0.15) is 132 Å². The molecule has 0 nitrogen and oxygen atoms in total. The molecule has 8 rings (SSSR count). The Hall–Kier alpha value is -0.521. The van der Waals surface area contributed by atoms with Crippen molar-refractivity contribution in [3.8, 4) is 0 Å². The average molecular weight is 596 g/mol. The molecule has 8 saturated carbocycles. The van der Waals surface area contributed by atoms with E-state index in [4.69, 9.17) is 26.3 Å². The average Bonchev–Trinajstić information content (AvgIpc) is 3.74. The molecule has 0 saturated heterocycles. The third kappa shape index (κ3) is 2.29. The zero-order chi connectivity index (χ0) is 29.6. The Morgan fingerprint density at radius 1 is 0.415 bits per heavy atom. The van der Waals surface area contributed by atoms with Crippen molar-refractivity contribution in [2.24, 2.45) is 45.3 Å². The summed E-state index contributed by atoms with van der Waals surface area (Å²) in [5, 5.41) is 0. The Morgan fingerprint density at radius 3 is 0.756 bits per heavy atom. The van der Waals surface area contributed by atoms with E-state index in [0.29, 0.717) is 17.3 Å². The van der Waals surface area contributed by atoms with Gasteiger partial charge in [-0.3, -0.25) is 0 Å². The predicted molar refractivity (Wildman–Crippen MR) is 172 cm³/mol. The van der Waals surface area contributed by atoms with Crippen molar-refractivity contribution in [2.75, 3.05) is 0 Å². The Labute approximate surface area is 255 Å². The van der Waals surface area contributed by atoms with Gasteiger partial charge in [-0.25, -0.2) is 0 Å². The van der Waals surface area contributed by atoms with Gasteiger partial charge in [-0.05, 0) is 0 Å². The van der Waals surface area contributed by atoms with Gasteiger partial charge in [0.05, 0.1) is 0 Å². The first kappa shape index (κ1) is 28.0. The van der Waals surface area contributed by atoms with Crippen LogP contribution in [0.15, 0.2) is 48.6 Å². The van der Waals surface area contributed by atoms with Gasteiger partial charge in [0.2, 0.25) is 0 Å². The second kappa shape index (κ2) is 7.30. The fraction of sp³-hybridized carbons (Fsp3) is 0.800. The van der Waals surface area contributed by atoms with Crippen LogP contribution >= 0.6 is 0 Å². The van der Waals surface area contributed by atoms with E-state index in [2.05, 4.69) is 55.4 Å². The van der Waals surface area contributed by atoms with E-state index in [1.807, 2.05) is 0 Å². The summed E-state index contributed by atoms with van der Waals surface area (Å²) in [5.41, 5.74) is 7.38. The monoisotopic (exact) mass is 595 g/mol. The van der Waals surface area contributed by atoms with Gasteiger partial charge in [0.1, 0.15) is 0 Å². The van der Waals surface area contributed by atoms with Gasteiger partial charge < -0.3 is 0 Å². The molecule has 0 aromatic heterocycles. The van der Waals surface area contributed by atoms with Crippen molar-refractivity contribution < 1.29 is 12.8 Å². The molecule has 1 heteroatoms. The van der Waals surface area contributed by atoms with Gasteiger partial charge in [-0.1, -0.05) is 0 Å². The zero-order valence-corrected chi connectivity index (χ0v) is 29.2. The molecule has 0 N–H and O–H groups in total. The van der Waals surface area contributed by atoms with Gasteiger partial charge in [0, 0.05) is 0 Å². The first-order valence-corrected chi connectivity index (χ1v) is 19.8. The number of allylic oxidation sites excluding steroid dienone is 4. The summed E-state index contributed by atoms with van der Waals surface area (Å²) < 4.78 is 1.59. The molecule has 8 bridgehead atoms. The number of rotatable bonds is 4. The summed E-state index contributed by atoms with van der Waals surface area (Å²) in [6, 6.07) is 0. The van der Waals surface area contributed by atoms with E-state index in [1.165, 1.54) is 77.0 Å². The quantitative estimate of drug-likeness (QED) is 0.224. The Balaban J connectivity index is 1.61. The van der Waals surface area contributed by atoms with Crippen LogP contribution in [0.3, 0.4) is 0 Å². The molecule has 0 spiro atoms. The molecule has 0 radical (unpaired) electrons. The predicted octanol–water partition coefficient (Wildman–Crippen LogP) is 12.4. The first-order chi connectivity index (χ1) is 18.9. The number of hydrogen-bond donors (Lipinski definition) is 0. The SMILES string of the molecule is C=C1C2CC[C]([Mn]([C]34CCC(C3)C(=C)C4(C)C)([C]34CCC(C3)C(=C)C4(C)C)[C]34CCC(C3)C(=C)C4(C)C)(C2)C1(C)C. The summed E-state index contributed by atoms with van der Waals surface area (Å²) in [4.78, 5) is 0. The van der Waals surface area contributed by atoms with Gasteiger partial charge in [0.15, 0.2) is 0 Å². The Morgan fingerprint density at radius 2 is 0.610 bits per heavy atom. The second-order valence-electron chi connectivity index (χ2n) is 18.8. The van der Waals surface area contributed by atoms with Crippen molar-refractivity contribution >= 4 is 0 Å². The fourth-order valence-corrected chi connectivity index (χ4v) is 31.9. The normalized spacial score (nSPS) is 53.1. The molecule has 8 unspecified atom stereocenters. The van der Waals surface area contributed by atoms with E-state index < -0.39 is 12.8 Å². The summed E-state index contributed by atoms with van der Waals surface area (Å²) in [7, 11) is 0. The van der Waals surface area contributed by atoms with Crippen LogP contribution in [-0.4, -0.2) is 0 Å². The maximum absolute atomic E-state index is 5.03. The van der Waals surface area contributed by atoms with Gasteiger partial charge >= 0.3 is 256 Å². The fourth-order valence-electron chi connectivity index (χ4n) is 15.2. The van der Waals surface area contributed by atoms with Crippen molar-refractivity contribution in [3.63, 3.8) is 0 Å². The minimum absolute atomic E-state index is 0.204. The molecular weight excluding hydrogens is 535 g/mol. The van der Waals surface area contributed by atoms with Gasteiger partial charge in [-0.2, -0.15) is 0 Å². The van der Waals surface area contributed by atoms with Crippen LogP contribution in [0, 0.1) is 45.3 Å². The summed E-state index contributed by atoms with van der Waals surface area (Å²) in [6.45, 7) is 42.0. The molecular formula is C40H60Mn. The van der Waals surface area contributed by atoms with E-state index in [9.17, 15) is 0 Å².